The van der Waals surface area contributed by atoms with Crippen molar-refractivity contribution in [2.24, 2.45) is 7.05 Å². The number of amides is 1. The summed E-state index contributed by atoms with van der Waals surface area (Å²) < 4.78 is 21.8. The third kappa shape index (κ3) is 4.38. The van der Waals surface area contributed by atoms with E-state index in [4.69, 9.17) is 9.72 Å². The molecule has 1 aliphatic rings. The lowest BCUT2D eigenvalue weighted by molar-refractivity contribution is 0.0757. The first-order valence-electron chi connectivity index (χ1n) is 12.7. The van der Waals surface area contributed by atoms with Crippen molar-refractivity contribution in [1.82, 2.24) is 19.9 Å². The van der Waals surface area contributed by atoms with Gasteiger partial charge >= 0.3 is 0 Å². The highest BCUT2D eigenvalue weighted by molar-refractivity contribution is 5.94. The molecule has 6 rings (SSSR count). The van der Waals surface area contributed by atoms with Gasteiger partial charge in [0.25, 0.3) is 11.5 Å². The van der Waals surface area contributed by atoms with Crippen LogP contribution in [0.3, 0.4) is 0 Å². The molecule has 40 heavy (non-hydrogen) atoms. The topological polar surface area (TPSA) is 110 Å². The molecule has 8 nitrogen and oxygen atoms in total. The van der Waals surface area contributed by atoms with Crippen molar-refractivity contribution in [3.8, 4) is 17.3 Å². The van der Waals surface area contributed by atoms with Crippen molar-refractivity contribution < 1.29 is 13.9 Å². The van der Waals surface area contributed by atoms with Crippen molar-refractivity contribution in [2.75, 3.05) is 6.61 Å². The van der Waals surface area contributed by atoms with Gasteiger partial charge in [-0.25, -0.2) is 9.37 Å². The number of pyridine rings is 3. The van der Waals surface area contributed by atoms with Gasteiger partial charge < -0.3 is 14.6 Å². The van der Waals surface area contributed by atoms with E-state index in [1.807, 2.05) is 12.1 Å². The van der Waals surface area contributed by atoms with Crippen LogP contribution in [0.15, 0.2) is 71.8 Å². The second-order valence-corrected chi connectivity index (χ2v) is 10.2. The van der Waals surface area contributed by atoms with Crippen molar-refractivity contribution in [1.29, 1.82) is 5.26 Å². The molecule has 9 heteroatoms. The predicted octanol–water partition coefficient (Wildman–Crippen LogP) is 4.53. The Kier molecular flexibility index (Phi) is 6.12. The first kappa shape index (κ1) is 25.3. The zero-order valence-corrected chi connectivity index (χ0v) is 21.9. The van der Waals surface area contributed by atoms with Crippen LogP contribution in [-0.2, 0) is 30.4 Å². The average molecular weight is 534 g/mol. The van der Waals surface area contributed by atoms with Crippen LogP contribution in [0.25, 0.3) is 32.9 Å². The van der Waals surface area contributed by atoms with Gasteiger partial charge in [-0.1, -0.05) is 6.07 Å². The van der Waals surface area contributed by atoms with E-state index in [1.54, 1.807) is 62.8 Å². The van der Waals surface area contributed by atoms with Gasteiger partial charge in [-0.15, -0.1) is 0 Å². The fourth-order valence-corrected chi connectivity index (χ4v) is 5.04. The summed E-state index contributed by atoms with van der Waals surface area (Å²) in [7, 11) is 1.62. The van der Waals surface area contributed by atoms with Gasteiger partial charge in [0, 0.05) is 41.3 Å². The number of hydrogen-bond acceptors (Lipinski definition) is 6. The van der Waals surface area contributed by atoms with Gasteiger partial charge in [0.05, 0.1) is 48.1 Å². The number of aromatic nitrogens is 3. The number of halogens is 1. The van der Waals surface area contributed by atoms with E-state index in [9.17, 15) is 19.2 Å². The summed E-state index contributed by atoms with van der Waals surface area (Å²) >= 11 is 0. The van der Waals surface area contributed by atoms with Crippen molar-refractivity contribution in [3.05, 3.63) is 106 Å². The summed E-state index contributed by atoms with van der Waals surface area (Å²) in [5.41, 5.74) is 3.28. The molecule has 2 aromatic carbocycles. The van der Waals surface area contributed by atoms with Gasteiger partial charge in [-0.2, -0.15) is 5.26 Å². The van der Waals surface area contributed by atoms with Crippen LogP contribution >= 0.6 is 0 Å². The normalized spacial score (nSPS) is 16.4. The van der Waals surface area contributed by atoms with E-state index >= 15 is 0 Å². The van der Waals surface area contributed by atoms with E-state index < -0.39 is 11.2 Å². The fourth-order valence-electron chi connectivity index (χ4n) is 5.04. The summed E-state index contributed by atoms with van der Waals surface area (Å²) in [5, 5.41) is 13.9. The summed E-state index contributed by atoms with van der Waals surface area (Å²) in [5.74, 6) is -0.776. The van der Waals surface area contributed by atoms with Crippen molar-refractivity contribution in [2.45, 2.75) is 25.5 Å². The van der Waals surface area contributed by atoms with Crippen molar-refractivity contribution >= 4 is 27.6 Å². The van der Waals surface area contributed by atoms with Gasteiger partial charge in [-0.3, -0.25) is 14.6 Å². The number of nitriles is 1. The minimum absolute atomic E-state index is 0.164. The second-order valence-electron chi connectivity index (χ2n) is 10.2. The first-order chi connectivity index (χ1) is 19.3. The molecule has 0 radical (unpaired) electrons. The van der Waals surface area contributed by atoms with Crippen LogP contribution in [0.4, 0.5) is 4.39 Å². The highest BCUT2D eigenvalue weighted by Crippen LogP contribution is 2.32. The molecular weight excluding hydrogens is 509 g/mol. The number of carbonyl (C=O) groups is 1. The van der Waals surface area contributed by atoms with E-state index in [-0.39, 0.29) is 35.4 Å². The second kappa shape index (κ2) is 9.67. The zero-order valence-electron chi connectivity index (χ0n) is 21.9. The van der Waals surface area contributed by atoms with E-state index in [1.165, 1.54) is 10.6 Å². The molecule has 3 aromatic heterocycles. The molecule has 0 saturated heterocycles. The molecule has 0 spiro atoms. The molecule has 4 heterocycles. The number of nitrogens with one attached hydrogen (secondary N) is 1. The Labute approximate surface area is 228 Å². The highest BCUT2D eigenvalue weighted by atomic mass is 19.1. The number of hydrogen-bond donors (Lipinski definition) is 1. The van der Waals surface area contributed by atoms with Gasteiger partial charge in [0.2, 0.25) is 0 Å². The standard InChI is InChI=1S/C31H24FN5O3/c1-31(16-33)17-40-15-20-4-3-18(10-25(20)31)29(38)35-14-22-12-28-19(13-34-22)5-6-27(36-28)21-9-24-23(26(32)11-21)7-8-37(2)30(24)39/h3-13H,14-15,17H2,1-2H3,(H,35,38)/t31-/m1/s1. The zero-order chi connectivity index (χ0) is 28.0. The van der Waals surface area contributed by atoms with E-state index in [2.05, 4.69) is 16.4 Å². The molecule has 1 aliphatic heterocycles. The Morgan fingerprint density at radius 1 is 1.18 bits per heavy atom. The Hall–Kier alpha value is -4.94. The summed E-state index contributed by atoms with van der Waals surface area (Å²) in [4.78, 5) is 34.7. The number of rotatable bonds is 4. The number of carbonyl (C=O) groups excluding carboxylic acids is 1. The number of ether oxygens (including phenoxy) is 1. The lowest BCUT2D eigenvalue weighted by atomic mass is 9.79. The quantitative estimate of drug-likeness (QED) is 0.364. The maximum absolute atomic E-state index is 14.8. The SMILES string of the molecule is Cn1ccc2c(F)cc(-c3ccc4cnc(CNC(=O)c5ccc6c(c5)[C@](C)(C#N)COC6)cc4n3)cc2c1=O. The Bertz CT molecular complexity index is 1940. The molecule has 0 unspecified atom stereocenters. The van der Waals surface area contributed by atoms with E-state index in [0.717, 1.165) is 16.5 Å². The largest absolute Gasteiger partial charge is 0.375 e. The molecule has 5 aromatic rings. The molecule has 1 amide bonds. The lowest BCUT2D eigenvalue weighted by Gasteiger charge is -2.30. The molecule has 0 fully saturated rings. The third-order valence-electron chi connectivity index (χ3n) is 7.36. The smallest absolute Gasteiger partial charge is 0.258 e. The minimum atomic E-state index is -0.811. The Morgan fingerprint density at radius 3 is 2.85 bits per heavy atom. The Morgan fingerprint density at radius 2 is 2.02 bits per heavy atom. The number of aryl methyl sites for hydroxylation is 1. The molecule has 1 N–H and O–H groups in total. The number of nitrogens with zero attached hydrogens (tertiary/aromatic N) is 4. The lowest BCUT2D eigenvalue weighted by Crippen LogP contribution is -2.33. The van der Waals surface area contributed by atoms with Gasteiger partial charge in [0.1, 0.15) is 11.2 Å². The molecule has 1 atom stereocenters. The predicted molar refractivity (Wildman–Crippen MR) is 148 cm³/mol. The molecular formula is C31H24FN5O3. The summed E-state index contributed by atoms with van der Waals surface area (Å²) in [6.07, 6.45) is 3.21. The average Bonchev–Trinajstić information content (AvgIpc) is 2.97. The van der Waals surface area contributed by atoms with Gasteiger partial charge in [-0.05, 0) is 66.6 Å². The van der Waals surface area contributed by atoms with Gasteiger partial charge in [0.15, 0.2) is 0 Å². The molecule has 0 bridgehead atoms. The van der Waals surface area contributed by atoms with E-state index in [0.29, 0.717) is 34.6 Å². The van der Waals surface area contributed by atoms with Crippen molar-refractivity contribution in [3.63, 3.8) is 0 Å². The summed E-state index contributed by atoms with van der Waals surface area (Å²) in [6, 6.07) is 17.6. The number of benzene rings is 2. The summed E-state index contributed by atoms with van der Waals surface area (Å²) in [6.45, 7) is 2.66. The molecule has 0 aliphatic carbocycles. The first-order valence-corrected chi connectivity index (χ1v) is 12.7. The van der Waals surface area contributed by atoms with Crippen LogP contribution in [0, 0.1) is 17.1 Å². The van der Waals surface area contributed by atoms with Crippen LogP contribution in [0.5, 0.6) is 0 Å². The van der Waals surface area contributed by atoms with Crippen LogP contribution < -0.4 is 10.9 Å². The third-order valence-corrected chi connectivity index (χ3v) is 7.36. The fraction of sp³-hybridized carbons (Fsp3) is 0.194. The molecule has 0 saturated carbocycles. The van der Waals surface area contributed by atoms with Crippen LogP contribution in [0.1, 0.15) is 34.1 Å². The minimum Gasteiger partial charge on any atom is -0.375 e. The Balaban J connectivity index is 1.26. The highest BCUT2D eigenvalue weighted by Gasteiger charge is 2.33. The van der Waals surface area contributed by atoms with Crippen LogP contribution in [0.2, 0.25) is 0 Å². The van der Waals surface area contributed by atoms with Crippen LogP contribution in [-0.4, -0.2) is 27.0 Å². The monoisotopic (exact) mass is 533 g/mol. The molecule has 198 valence electrons. The maximum atomic E-state index is 14.8. The number of fused-ring (bicyclic) bond motifs is 3. The maximum Gasteiger partial charge on any atom is 0.258 e.